The van der Waals surface area contributed by atoms with E-state index in [0.29, 0.717) is 0 Å². The molecule has 0 bridgehead atoms. The Labute approximate surface area is 345 Å². The molecule has 0 fully saturated rings. The Morgan fingerprint density at radius 1 is 0.383 bits per heavy atom. The van der Waals surface area contributed by atoms with Crippen molar-refractivity contribution in [2.45, 2.75) is 13.8 Å². The highest BCUT2D eigenvalue weighted by atomic mass is 16.5. The van der Waals surface area contributed by atoms with E-state index < -0.39 is 0 Å². The molecule has 0 saturated carbocycles. The molecule has 0 spiro atoms. The number of hydrogen-bond donors (Lipinski definition) is 0. The van der Waals surface area contributed by atoms with Crippen molar-refractivity contribution in [2.24, 2.45) is 0 Å². The van der Waals surface area contributed by atoms with Crippen molar-refractivity contribution in [2.75, 3.05) is 0 Å². The first kappa shape index (κ1) is 32.3. The van der Waals surface area contributed by atoms with Crippen LogP contribution < -0.4 is 30.6 Å². The predicted octanol–water partition coefficient (Wildman–Crippen LogP) is 12.2. The first-order chi connectivity index (χ1) is 29.6. The Balaban J connectivity index is 0.973. The quantitative estimate of drug-likeness (QED) is 0.168. The number of aromatic nitrogens is 2. The van der Waals surface area contributed by atoms with E-state index in [1.165, 1.54) is 65.8 Å². The van der Waals surface area contributed by atoms with Crippen LogP contribution in [0.25, 0.3) is 76.9 Å². The summed E-state index contributed by atoms with van der Waals surface area (Å²) < 4.78 is 24.7. The molecule has 280 valence electrons. The summed E-state index contributed by atoms with van der Waals surface area (Å²) in [7, 11) is 0. The highest BCUT2D eigenvalue weighted by molar-refractivity contribution is 6.99. The molecule has 6 heteroatoms. The van der Waals surface area contributed by atoms with Crippen LogP contribution in [-0.4, -0.2) is 15.8 Å². The third-order valence-corrected chi connectivity index (χ3v) is 13.4. The molecule has 5 heterocycles. The first-order valence-electron chi connectivity index (χ1n) is 20.6. The van der Waals surface area contributed by atoms with Gasteiger partial charge in [-0.2, -0.15) is 0 Å². The molecular formula is C54H33BN2O3. The van der Waals surface area contributed by atoms with Crippen LogP contribution in [0.15, 0.2) is 164 Å². The SMILES string of the molecule is Cc1c(C)c2c(c3ccccc3n2-c2ccc3ccc(-c4cc5c6c(c4)Oc4cccc7c4B6c4c(cccc4O5)O7)cc3c2)c2c3ccccc3n(-c3ccccc3)c12. The summed E-state index contributed by atoms with van der Waals surface area (Å²) in [6, 6.07) is 58.7. The normalized spacial score (nSPS) is 13.2. The molecule has 3 aliphatic rings. The van der Waals surface area contributed by atoms with Crippen LogP contribution >= 0.6 is 0 Å². The molecule has 2 aromatic heterocycles. The monoisotopic (exact) mass is 768 g/mol. The molecule has 14 rings (SSSR count). The summed E-state index contributed by atoms with van der Waals surface area (Å²) >= 11 is 0. The fraction of sp³-hybridized carbons (Fsp3) is 0.0370. The lowest BCUT2D eigenvalue weighted by molar-refractivity contribution is 0.443. The third-order valence-electron chi connectivity index (χ3n) is 13.4. The molecule has 0 saturated heterocycles. The standard InChI is InChI=1S/C54H33BN2O3/c1-30-31(2)54-49(48-38-14-6-8-16-40(38)56(53(30)48)36-12-4-3-5-13-36)39-15-7-9-17-41(39)57(54)37-25-24-32-22-23-33(26-34(32)27-37)35-28-46-52-47(29-35)60-45-21-11-19-43-51(45)55(52)50-42(58-43)18-10-20-44(50)59-46/h3-29H,1-2H3. The summed E-state index contributed by atoms with van der Waals surface area (Å²) in [6.07, 6.45) is 0. The van der Waals surface area contributed by atoms with E-state index in [4.69, 9.17) is 14.2 Å². The summed E-state index contributed by atoms with van der Waals surface area (Å²) in [4.78, 5) is 0. The van der Waals surface area contributed by atoms with E-state index in [-0.39, 0.29) is 6.71 Å². The minimum absolute atomic E-state index is 0.00806. The highest BCUT2D eigenvalue weighted by Crippen LogP contribution is 2.47. The van der Waals surface area contributed by atoms with Crippen LogP contribution in [-0.2, 0) is 0 Å². The van der Waals surface area contributed by atoms with Crippen molar-refractivity contribution in [1.29, 1.82) is 0 Å². The van der Waals surface area contributed by atoms with Crippen molar-refractivity contribution < 1.29 is 14.2 Å². The molecule has 5 nitrogen and oxygen atoms in total. The van der Waals surface area contributed by atoms with Gasteiger partial charge in [0.15, 0.2) is 0 Å². The van der Waals surface area contributed by atoms with Gasteiger partial charge in [-0.15, -0.1) is 0 Å². The summed E-state index contributed by atoms with van der Waals surface area (Å²) in [5.41, 5.74) is 15.1. The van der Waals surface area contributed by atoms with Gasteiger partial charge in [-0.1, -0.05) is 84.9 Å². The number of para-hydroxylation sites is 3. The average molecular weight is 769 g/mol. The molecule has 9 aromatic carbocycles. The van der Waals surface area contributed by atoms with Crippen molar-refractivity contribution >= 4 is 77.5 Å². The number of aryl methyl sites for hydroxylation is 2. The van der Waals surface area contributed by atoms with Crippen LogP contribution in [0.4, 0.5) is 0 Å². The van der Waals surface area contributed by atoms with Crippen LogP contribution in [0.5, 0.6) is 34.5 Å². The zero-order chi connectivity index (χ0) is 39.4. The predicted molar refractivity (Wildman–Crippen MR) is 245 cm³/mol. The summed E-state index contributed by atoms with van der Waals surface area (Å²) in [6.45, 7) is 4.58. The molecular weight excluding hydrogens is 735 g/mol. The Morgan fingerprint density at radius 3 is 1.48 bits per heavy atom. The number of rotatable bonds is 3. The van der Waals surface area contributed by atoms with E-state index in [2.05, 4.69) is 150 Å². The van der Waals surface area contributed by atoms with Gasteiger partial charge in [-0.3, -0.25) is 0 Å². The Kier molecular flexibility index (Phi) is 6.18. The molecule has 0 N–H and O–H groups in total. The second-order valence-electron chi connectivity index (χ2n) is 16.4. The lowest BCUT2D eigenvalue weighted by atomic mass is 9.34. The average Bonchev–Trinajstić information content (AvgIpc) is 3.82. The van der Waals surface area contributed by atoms with E-state index in [1.807, 2.05) is 36.4 Å². The minimum Gasteiger partial charge on any atom is -0.458 e. The fourth-order valence-corrected chi connectivity index (χ4v) is 10.7. The van der Waals surface area contributed by atoms with E-state index >= 15 is 0 Å². The Morgan fingerprint density at radius 2 is 0.883 bits per heavy atom. The van der Waals surface area contributed by atoms with Crippen molar-refractivity contribution in [3.8, 4) is 57.0 Å². The zero-order valence-electron chi connectivity index (χ0n) is 32.8. The first-order valence-corrected chi connectivity index (χ1v) is 20.6. The topological polar surface area (TPSA) is 37.6 Å². The molecule has 60 heavy (non-hydrogen) atoms. The van der Waals surface area contributed by atoms with Gasteiger partial charge in [0.1, 0.15) is 34.5 Å². The highest BCUT2D eigenvalue weighted by Gasteiger charge is 2.46. The Bertz CT molecular complexity index is 3650. The van der Waals surface area contributed by atoms with E-state index in [1.54, 1.807) is 0 Å². The van der Waals surface area contributed by atoms with Crippen molar-refractivity contribution in [3.63, 3.8) is 0 Å². The fourth-order valence-electron chi connectivity index (χ4n) is 10.7. The van der Waals surface area contributed by atoms with Crippen LogP contribution in [0.1, 0.15) is 11.1 Å². The van der Waals surface area contributed by atoms with Gasteiger partial charge in [0.05, 0.1) is 22.1 Å². The molecule has 11 aromatic rings. The minimum atomic E-state index is -0.00806. The lowest BCUT2D eigenvalue weighted by Gasteiger charge is -2.37. The maximum absolute atomic E-state index is 6.69. The molecule has 0 unspecified atom stereocenters. The van der Waals surface area contributed by atoms with Gasteiger partial charge < -0.3 is 23.3 Å². The van der Waals surface area contributed by atoms with Crippen LogP contribution in [0.3, 0.4) is 0 Å². The second kappa shape index (κ2) is 11.5. The lowest BCUT2D eigenvalue weighted by Crippen LogP contribution is -2.59. The number of nitrogens with zero attached hydrogens (tertiary/aromatic N) is 2. The summed E-state index contributed by atoms with van der Waals surface area (Å²) in [5.74, 6) is 4.99. The number of fused-ring (bicyclic) bond motifs is 8. The maximum Gasteiger partial charge on any atom is 0.270 e. The van der Waals surface area contributed by atoms with E-state index in [9.17, 15) is 0 Å². The maximum atomic E-state index is 6.69. The van der Waals surface area contributed by atoms with E-state index in [0.717, 1.165) is 73.1 Å². The Hall–Kier alpha value is -7.70. The van der Waals surface area contributed by atoms with Crippen LogP contribution in [0, 0.1) is 13.8 Å². The summed E-state index contributed by atoms with van der Waals surface area (Å²) in [5, 5.41) is 7.44. The van der Waals surface area contributed by atoms with Crippen LogP contribution in [0.2, 0.25) is 0 Å². The number of hydrogen-bond acceptors (Lipinski definition) is 3. The number of benzene rings is 9. The molecule has 3 aliphatic heterocycles. The number of ether oxygens (including phenoxy) is 3. The van der Waals surface area contributed by atoms with Gasteiger partial charge in [0.2, 0.25) is 0 Å². The molecule has 0 amide bonds. The molecule has 0 atom stereocenters. The van der Waals surface area contributed by atoms with Crippen molar-refractivity contribution in [1.82, 2.24) is 9.13 Å². The van der Waals surface area contributed by atoms with Gasteiger partial charge in [0, 0.05) is 49.3 Å². The van der Waals surface area contributed by atoms with Gasteiger partial charge in [-0.05, 0) is 126 Å². The van der Waals surface area contributed by atoms with Gasteiger partial charge in [0.25, 0.3) is 6.71 Å². The van der Waals surface area contributed by atoms with Crippen molar-refractivity contribution in [3.05, 3.63) is 175 Å². The zero-order valence-corrected chi connectivity index (χ0v) is 32.8. The molecule has 0 radical (unpaired) electrons. The third kappa shape index (κ3) is 4.12. The second-order valence-corrected chi connectivity index (χ2v) is 16.4. The largest absolute Gasteiger partial charge is 0.458 e. The smallest absolute Gasteiger partial charge is 0.270 e. The van der Waals surface area contributed by atoms with Gasteiger partial charge in [-0.25, -0.2) is 0 Å². The molecule has 0 aliphatic carbocycles. The van der Waals surface area contributed by atoms with Gasteiger partial charge >= 0.3 is 0 Å².